The Kier molecular flexibility index (Phi) is 4.98. The van der Waals surface area contributed by atoms with Gasteiger partial charge >= 0.3 is 0 Å². The third-order valence-electron chi connectivity index (χ3n) is 6.86. The van der Waals surface area contributed by atoms with Crippen molar-refractivity contribution < 1.29 is 14.5 Å². The molecule has 0 saturated carbocycles. The Morgan fingerprint density at radius 3 is 2.38 bits per heavy atom. The van der Waals surface area contributed by atoms with E-state index in [-0.39, 0.29) is 11.8 Å². The lowest BCUT2D eigenvalue weighted by Gasteiger charge is -2.26. The van der Waals surface area contributed by atoms with Gasteiger partial charge in [-0.25, -0.2) is 4.58 Å². The number of hydrogen-bond donors (Lipinski definition) is 1. The maximum absolute atomic E-state index is 13.7. The van der Waals surface area contributed by atoms with Crippen LogP contribution in [-0.4, -0.2) is 28.3 Å². The van der Waals surface area contributed by atoms with Crippen molar-refractivity contribution in [2.24, 2.45) is 5.92 Å². The molecule has 2 aliphatic heterocycles. The van der Waals surface area contributed by atoms with Gasteiger partial charge in [0.05, 0.1) is 18.2 Å². The molecule has 1 amide bonds. The molecule has 2 aliphatic rings. The van der Waals surface area contributed by atoms with Gasteiger partial charge in [-0.2, -0.15) is 0 Å². The van der Waals surface area contributed by atoms with E-state index >= 15 is 0 Å². The first-order chi connectivity index (χ1) is 15.4. The highest BCUT2D eigenvalue weighted by Crippen LogP contribution is 2.47. The Morgan fingerprint density at radius 2 is 1.66 bits per heavy atom. The fraction of sp³-hybridized carbons (Fsp3) is 0.286. The van der Waals surface area contributed by atoms with Crippen LogP contribution in [0.25, 0.3) is 0 Å². The van der Waals surface area contributed by atoms with Crippen LogP contribution < -0.4 is 4.90 Å². The second-order valence-corrected chi connectivity index (χ2v) is 9.15. The lowest BCUT2D eigenvalue weighted by molar-refractivity contribution is -0.427. The average molecular weight is 426 g/mol. The summed E-state index contributed by atoms with van der Waals surface area (Å²) in [5.41, 5.74) is 5.87. The second kappa shape index (κ2) is 7.72. The molecule has 162 valence electrons. The first-order valence-corrected chi connectivity index (χ1v) is 11.3. The summed E-state index contributed by atoms with van der Waals surface area (Å²) in [6, 6.07) is 22.0. The minimum Gasteiger partial charge on any atom is -0.375 e. The highest BCUT2D eigenvalue weighted by molar-refractivity contribution is 6.08. The number of benzene rings is 3. The number of aliphatic hydroxyl groups is 1. The summed E-state index contributed by atoms with van der Waals surface area (Å²) in [7, 11) is 0. The number of anilines is 1. The minimum atomic E-state index is -1.55. The van der Waals surface area contributed by atoms with E-state index in [1.54, 1.807) is 4.90 Å². The molecule has 32 heavy (non-hydrogen) atoms. The predicted molar refractivity (Wildman–Crippen MR) is 128 cm³/mol. The molecule has 0 fully saturated rings. The third kappa shape index (κ3) is 3.18. The van der Waals surface area contributed by atoms with Crippen LogP contribution in [0.4, 0.5) is 11.4 Å². The fourth-order valence-corrected chi connectivity index (χ4v) is 5.52. The summed E-state index contributed by atoms with van der Waals surface area (Å²) in [4.78, 5) is 15.5. The number of rotatable bonds is 4. The standard InChI is InChI=1S/C28H29N2O2/c1-19-15-20(2)26(21(3)16-19)29-14-13-23(18-29)28(32)24-11-7-8-12-25(24)30(27(28)31)17-22-9-5-4-6-10-22/h4-12,15-16,18,23,32H,13-14,17H2,1-3H3/q+1. The molecule has 1 N–H and O–H groups in total. The quantitative estimate of drug-likeness (QED) is 0.612. The zero-order chi connectivity index (χ0) is 22.5. The Hall–Kier alpha value is -3.24. The van der Waals surface area contributed by atoms with Gasteiger partial charge in [0.2, 0.25) is 5.69 Å². The summed E-state index contributed by atoms with van der Waals surface area (Å²) < 4.78 is 2.22. The molecule has 4 nitrogen and oxygen atoms in total. The molecule has 5 rings (SSSR count). The van der Waals surface area contributed by atoms with Crippen molar-refractivity contribution in [2.75, 3.05) is 11.4 Å². The van der Waals surface area contributed by atoms with Gasteiger partial charge in [-0.1, -0.05) is 54.1 Å². The number of carbonyl (C=O) groups excluding carboxylic acids is 1. The SMILES string of the molecule is Cc1cc(C)c([N+]2=CC(C3(O)C(=O)N(Cc4ccccc4)c4ccccc43)CC2)c(C)c1. The smallest absolute Gasteiger partial charge is 0.264 e. The van der Waals surface area contributed by atoms with Crippen LogP contribution in [0.15, 0.2) is 66.7 Å². The van der Waals surface area contributed by atoms with E-state index in [1.165, 1.54) is 22.4 Å². The van der Waals surface area contributed by atoms with Crippen molar-refractivity contribution >= 4 is 23.5 Å². The van der Waals surface area contributed by atoms with E-state index in [9.17, 15) is 9.90 Å². The summed E-state index contributed by atoms with van der Waals surface area (Å²) >= 11 is 0. The van der Waals surface area contributed by atoms with Crippen molar-refractivity contribution in [1.29, 1.82) is 0 Å². The van der Waals surface area contributed by atoms with Gasteiger partial charge in [-0.05, 0) is 44.5 Å². The molecular formula is C28H29N2O2+. The second-order valence-electron chi connectivity index (χ2n) is 9.15. The molecule has 2 unspecified atom stereocenters. The number of amides is 1. The van der Waals surface area contributed by atoms with Crippen molar-refractivity contribution in [3.05, 3.63) is 94.5 Å². The van der Waals surface area contributed by atoms with Gasteiger partial charge in [-0.3, -0.25) is 4.79 Å². The van der Waals surface area contributed by atoms with Crippen molar-refractivity contribution in [2.45, 2.75) is 39.3 Å². The summed E-state index contributed by atoms with van der Waals surface area (Å²) in [5, 5.41) is 12.0. The molecular weight excluding hydrogens is 396 g/mol. The molecule has 0 aliphatic carbocycles. The average Bonchev–Trinajstić information content (AvgIpc) is 3.33. The van der Waals surface area contributed by atoms with E-state index in [0.29, 0.717) is 12.1 Å². The Bertz CT molecular complexity index is 1210. The number of hydrogen-bond acceptors (Lipinski definition) is 2. The van der Waals surface area contributed by atoms with Crippen molar-refractivity contribution in [1.82, 2.24) is 0 Å². The minimum absolute atomic E-state index is 0.233. The number of carbonyl (C=O) groups is 1. The lowest BCUT2D eigenvalue weighted by atomic mass is 9.82. The van der Waals surface area contributed by atoms with Crippen LogP contribution >= 0.6 is 0 Å². The van der Waals surface area contributed by atoms with Gasteiger partial charge in [0.1, 0.15) is 6.54 Å². The predicted octanol–water partition coefficient (Wildman–Crippen LogP) is 4.78. The summed E-state index contributed by atoms with van der Waals surface area (Å²) in [6.45, 7) is 7.60. The molecule has 0 spiro atoms. The van der Waals surface area contributed by atoms with Crippen LogP contribution in [-0.2, 0) is 16.9 Å². The fourth-order valence-electron chi connectivity index (χ4n) is 5.52. The number of para-hydroxylation sites is 1. The molecule has 0 aromatic heterocycles. The Balaban J connectivity index is 1.54. The molecule has 4 heteroatoms. The monoisotopic (exact) mass is 425 g/mol. The number of fused-ring (bicyclic) bond motifs is 1. The highest BCUT2D eigenvalue weighted by atomic mass is 16.3. The Labute approximate surface area is 189 Å². The topological polar surface area (TPSA) is 43.6 Å². The largest absolute Gasteiger partial charge is 0.375 e. The first kappa shape index (κ1) is 20.7. The highest BCUT2D eigenvalue weighted by Gasteiger charge is 2.56. The molecule has 3 aromatic rings. The van der Waals surface area contributed by atoms with Gasteiger partial charge in [0, 0.05) is 23.1 Å². The molecule has 0 saturated heterocycles. The maximum atomic E-state index is 13.7. The van der Waals surface area contributed by atoms with Crippen LogP contribution in [0.3, 0.4) is 0 Å². The van der Waals surface area contributed by atoms with Crippen LogP contribution in [0.5, 0.6) is 0 Å². The van der Waals surface area contributed by atoms with Crippen molar-refractivity contribution in [3.8, 4) is 0 Å². The molecule has 0 bridgehead atoms. The molecule has 0 radical (unpaired) electrons. The zero-order valence-electron chi connectivity index (χ0n) is 18.9. The van der Waals surface area contributed by atoms with E-state index in [2.05, 4.69) is 43.7 Å². The van der Waals surface area contributed by atoms with Gasteiger partial charge in [-0.15, -0.1) is 0 Å². The normalized spacial score (nSPS) is 22.2. The number of nitrogens with zero attached hydrogens (tertiary/aromatic N) is 2. The van der Waals surface area contributed by atoms with Gasteiger partial charge < -0.3 is 10.0 Å². The number of aryl methyl sites for hydroxylation is 3. The van der Waals surface area contributed by atoms with E-state index < -0.39 is 5.60 Å². The zero-order valence-corrected chi connectivity index (χ0v) is 18.9. The van der Waals surface area contributed by atoms with E-state index in [0.717, 1.165) is 24.2 Å². The van der Waals surface area contributed by atoms with E-state index in [1.807, 2.05) is 54.6 Å². The first-order valence-electron chi connectivity index (χ1n) is 11.3. The molecule has 3 aromatic carbocycles. The summed E-state index contributed by atoms with van der Waals surface area (Å²) in [6.07, 6.45) is 2.80. The van der Waals surface area contributed by atoms with Crippen LogP contribution in [0.1, 0.15) is 34.2 Å². The maximum Gasteiger partial charge on any atom is 0.264 e. The van der Waals surface area contributed by atoms with Crippen LogP contribution in [0, 0.1) is 26.7 Å². The van der Waals surface area contributed by atoms with Gasteiger partial charge in [0.15, 0.2) is 11.8 Å². The van der Waals surface area contributed by atoms with Gasteiger partial charge in [0.25, 0.3) is 5.91 Å². The lowest BCUT2D eigenvalue weighted by Crippen LogP contribution is -2.45. The molecule has 2 heterocycles. The summed E-state index contributed by atoms with van der Waals surface area (Å²) in [5.74, 6) is -0.514. The van der Waals surface area contributed by atoms with Crippen molar-refractivity contribution in [3.63, 3.8) is 0 Å². The molecule has 2 atom stereocenters. The van der Waals surface area contributed by atoms with E-state index in [4.69, 9.17) is 0 Å². The third-order valence-corrected chi connectivity index (χ3v) is 6.86. The van der Waals surface area contributed by atoms with Crippen LogP contribution in [0.2, 0.25) is 0 Å². The Morgan fingerprint density at radius 1 is 1.00 bits per heavy atom.